The first-order valence-corrected chi connectivity index (χ1v) is 4.18. The number of nitriles is 1. The molecule has 0 N–H and O–H groups in total. The van der Waals surface area contributed by atoms with Crippen molar-refractivity contribution in [1.29, 1.82) is 5.26 Å². The summed E-state index contributed by atoms with van der Waals surface area (Å²) in [5, 5.41) is 8.77. The molecule has 0 bridgehead atoms. The average molecular weight is 214 g/mol. The van der Waals surface area contributed by atoms with Gasteiger partial charge in [0.25, 0.3) is 0 Å². The maximum Gasteiger partial charge on any atom is 0.194 e. The molecule has 0 heterocycles. The molecule has 0 saturated heterocycles. The molecule has 1 rings (SSSR count). The minimum Gasteiger partial charge on any atom is -0.291 e. The molecule has 2 nitrogen and oxygen atoms in total. The van der Waals surface area contributed by atoms with Gasteiger partial charge in [-0.15, -0.1) is 0 Å². The van der Waals surface area contributed by atoms with Gasteiger partial charge in [-0.1, -0.05) is 0 Å². The topological polar surface area (TPSA) is 27.0 Å². The molecule has 0 aliphatic rings. The molecular formula is C10H9F3N2. The molecule has 0 amide bonds. The maximum atomic E-state index is 12.9. The van der Waals surface area contributed by atoms with E-state index < -0.39 is 23.5 Å². The van der Waals surface area contributed by atoms with Gasteiger partial charge in [0.1, 0.15) is 6.04 Å². The number of halogens is 3. The summed E-state index contributed by atoms with van der Waals surface area (Å²) in [6.07, 6.45) is 0. The zero-order valence-electron chi connectivity index (χ0n) is 8.26. The largest absolute Gasteiger partial charge is 0.291 e. The summed E-state index contributed by atoms with van der Waals surface area (Å²) >= 11 is 0. The molecular weight excluding hydrogens is 205 g/mol. The fourth-order valence-corrected chi connectivity index (χ4v) is 1.22. The van der Waals surface area contributed by atoms with E-state index in [2.05, 4.69) is 0 Å². The number of nitrogens with zero attached hydrogens (tertiary/aromatic N) is 2. The van der Waals surface area contributed by atoms with Crippen LogP contribution in [0.2, 0.25) is 0 Å². The minimum absolute atomic E-state index is 0.0962. The Balaban J connectivity index is 3.22. The van der Waals surface area contributed by atoms with Crippen LogP contribution in [0.1, 0.15) is 11.6 Å². The number of hydrogen-bond donors (Lipinski definition) is 0. The highest BCUT2D eigenvalue weighted by Gasteiger charge is 2.18. The summed E-state index contributed by atoms with van der Waals surface area (Å²) in [7, 11) is 3.18. The van der Waals surface area contributed by atoms with Gasteiger partial charge in [0, 0.05) is 0 Å². The number of rotatable bonds is 2. The lowest BCUT2D eigenvalue weighted by Gasteiger charge is -2.17. The minimum atomic E-state index is -1.52. The van der Waals surface area contributed by atoms with Crippen molar-refractivity contribution in [3.63, 3.8) is 0 Å². The van der Waals surface area contributed by atoms with Crippen LogP contribution in [0.5, 0.6) is 0 Å². The van der Waals surface area contributed by atoms with E-state index in [-0.39, 0.29) is 5.56 Å². The van der Waals surface area contributed by atoms with Crippen molar-refractivity contribution in [3.8, 4) is 6.07 Å². The van der Waals surface area contributed by atoms with Crippen LogP contribution in [0.25, 0.3) is 0 Å². The zero-order chi connectivity index (χ0) is 11.6. The Labute approximate surface area is 85.5 Å². The van der Waals surface area contributed by atoms with Crippen molar-refractivity contribution in [1.82, 2.24) is 4.90 Å². The van der Waals surface area contributed by atoms with Crippen molar-refractivity contribution < 1.29 is 13.2 Å². The Bertz CT molecular complexity index is 387. The van der Waals surface area contributed by atoms with E-state index in [1.54, 1.807) is 14.1 Å². The SMILES string of the molecule is CN(C)C(C#N)c1cc(F)c(F)c(F)c1. The Morgan fingerprint density at radius 1 is 1.20 bits per heavy atom. The first-order valence-electron chi connectivity index (χ1n) is 4.18. The second kappa shape index (κ2) is 4.32. The molecule has 80 valence electrons. The second-order valence-corrected chi connectivity index (χ2v) is 3.29. The molecule has 0 fully saturated rings. The van der Waals surface area contributed by atoms with E-state index in [0.717, 1.165) is 12.1 Å². The normalized spacial score (nSPS) is 12.6. The van der Waals surface area contributed by atoms with Gasteiger partial charge < -0.3 is 0 Å². The predicted octanol–water partition coefficient (Wildman–Crippen LogP) is 2.23. The van der Waals surface area contributed by atoms with Gasteiger partial charge in [0.05, 0.1) is 6.07 Å². The van der Waals surface area contributed by atoms with Crippen LogP contribution in [0.3, 0.4) is 0 Å². The van der Waals surface area contributed by atoms with Crippen molar-refractivity contribution in [2.45, 2.75) is 6.04 Å². The smallest absolute Gasteiger partial charge is 0.194 e. The van der Waals surface area contributed by atoms with E-state index in [9.17, 15) is 13.2 Å². The fourth-order valence-electron chi connectivity index (χ4n) is 1.22. The molecule has 1 unspecified atom stereocenters. The lowest BCUT2D eigenvalue weighted by molar-refractivity contribution is 0.353. The molecule has 1 aromatic rings. The highest BCUT2D eigenvalue weighted by Crippen LogP contribution is 2.21. The summed E-state index contributed by atoms with van der Waals surface area (Å²) in [6.45, 7) is 0. The van der Waals surface area contributed by atoms with Crippen LogP contribution in [0, 0.1) is 28.8 Å². The van der Waals surface area contributed by atoms with Gasteiger partial charge in [-0.2, -0.15) is 5.26 Å². The van der Waals surface area contributed by atoms with Gasteiger partial charge in [0.2, 0.25) is 0 Å². The predicted molar refractivity (Wildman–Crippen MR) is 48.4 cm³/mol. The van der Waals surface area contributed by atoms with Gasteiger partial charge in [-0.3, -0.25) is 4.90 Å². The fraction of sp³-hybridized carbons (Fsp3) is 0.300. The molecule has 15 heavy (non-hydrogen) atoms. The number of hydrogen-bond acceptors (Lipinski definition) is 2. The Morgan fingerprint density at radius 3 is 2.00 bits per heavy atom. The van der Waals surface area contributed by atoms with Gasteiger partial charge in [-0.05, 0) is 31.8 Å². The first-order chi connectivity index (χ1) is 6.97. The quantitative estimate of drug-likeness (QED) is 0.706. The molecule has 5 heteroatoms. The molecule has 0 saturated carbocycles. The summed E-state index contributed by atoms with van der Waals surface area (Å²) in [5.41, 5.74) is 0.0962. The van der Waals surface area contributed by atoms with Gasteiger partial charge in [0.15, 0.2) is 17.5 Å². The highest BCUT2D eigenvalue weighted by molar-refractivity contribution is 5.26. The van der Waals surface area contributed by atoms with Crippen molar-refractivity contribution >= 4 is 0 Å². The van der Waals surface area contributed by atoms with Crippen LogP contribution in [0.15, 0.2) is 12.1 Å². The molecule has 1 atom stereocenters. The first kappa shape index (κ1) is 11.5. The summed E-state index contributed by atoms with van der Waals surface area (Å²) < 4.78 is 38.3. The Kier molecular flexibility index (Phi) is 3.32. The van der Waals surface area contributed by atoms with Crippen molar-refractivity contribution in [2.75, 3.05) is 14.1 Å². The maximum absolute atomic E-state index is 12.9. The Hall–Kier alpha value is -1.54. The molecule has 0 aliphatic carbocycles. The van der Waals surface area contributed by atoms with E-state index >= 15 is 0 Å². The van der Waals surface area contributed by atoms with Crippen LogP contribution < -0.4 is 0 Å². The standard InChI is InChI=1S/C10H9F3N2/c1-15(2)9(5-14)6-3-7(11)10(13)8(12)4-6/h3-4,9H,1-2H3. The zero-order valence-corrected chi connectivity index (χ0v) is 8.26. The van der Waals surface area contributed by atoms with Crippen molar-refractivity contribution in [2.24, 2.45) is 0 Å². The molecule has 0 spiro atoms. The van der Waals surface area contributed by atoms with Crippen LogP contribution >= 0.6 is 0 Å². The van der Waals surface area contributed by atoms with Gasteiger partial charge >= 0.3 is 0 Å². The van der Waals surface area contributed by atoms with E-state index in [1.165, 1.54) is 4.90 Å². The number of benzene rings is 1. The summed E-state index contributed by atoms with van der Waals surface area (Å²) in [5.74, 6) is -4.09. The van der Waals surface area contributed by atoms with Crippen LogP contribution in [-0.4, -0.2) is 19.0 Å². The van der Waals surface area contributed by atoms with Crippen molar-refractivity contribution in [3.05, 3.63) is 35.1 Å². The molecule has 1 aromatic carbocycles. The highest BCUT2D eigenvalue weighted by atomic mass is 19.2. The lowest BCUT2D eigenvalue weighted by Crippen LogP contribution is -2.18. The van der Waals surface area contributed by atoms with Gasteiger partial charge in [-0.25, -0.2) is 13.2 Å². The summed E-state index contributed by atoms with van der Waals surface area (Å²) in [6, 6.07) is 2.72. The van der Waals surface area contributed by atoms with E-state index in [0.29, 0.717) is 0 Å². The van der Waals surface area contributed by atoms with Crippen LogP contribution in [0.4, 0.5) is 13.2 Å². The third-order valence-electron chi connectivity index (χ3n) is 1.96. The monoisotopic (exact) mass is 214 g/mol. The average Bonchev–Trinajstić information content (AvgIpc) is 2.14. The molecule has 0 aromatic heterocycles. The molecule has 0 radical (unpaired) electrons. The summed E-state index contributed by atoms with van der Waals surface area (Å²) in [4.78, 5) is 1.48. The molecule has 0 aliphatic heterocycles. The Morgan fingerprint density at radius 2 is 1.67 bits per heavy atom. The lowest BCUT2D eigenvalue weighted by atomic mass is 10.1. The third kappa shape index (κ3) is 2.28. The second-order valence-electron chi connectivity index (χ2n) is 3.29. The van der Waals surface area contributed by atoms with Crippen LogP contribution in [-0.2, 0) is 0 Å². The van der Waals surface area contributed by atoms with E-state index in [1.807, 2.05) is 6.07 Å². The third-order valence-corrected chi connectivity index (χ3v) is 1.96. The van der Waals surface area contributed by atoms with E-state index in [4.69, 9.17) is 5.26 Å².